The molecular formula is C11H19N3O2S. The largest absolute Gasteiger partial charge is 0.333 e. The number of hydrogen-bond donors (Lipinski definition) is 1. The van der Waals surface area contributed by atoms with Gasteiger partial charge in [-0.05, 0) is 25.7 Å². The van der Waals surface area contributed by atoms with Crippen LogP contribution in [0, 0.1) is 0 Å². The highest BCUT2D eigenvalue weighted by Gasteiger charge is 2.31. The van der Waals surface area contributed by atoms with E-state index in [9.17, 15) is 8.42 Å². The smallest absolute Gasteiger partial charge is 0.211 e. The van der Waals surface area contributed by atoms with Crippen LogP contribution in [-0.2, 0) is 10.0 Å². The summed E-state index contributed by atoms with van der Waals surface area (Å²) < 4.78 is 28.4. The van der Waals surface area contributed by atoms with Gasteiger partial charge in [0.15, 0.2) is 0 Å². The Kier molecular flexibility index (Phi) is 3.83. The molecule has 2 unspecified atom stereocenters. The summed E-state index contributed by atoms with van der Waals surface area (Å²) in [6, 6.07) is 0.227. The van der Waals surface area contributed by atoms with Gasteiger partial charge >= 0.3 is 0 Å². The standard InChI is InChI=1S/C11H19N3O2S/c1-2-8-17(15,16)13-10-4-3-5-11(10)14-7-6-12-9-14/h6-7,9-11,13H,2-5,8H2,1H3. The molecule has 96 valence electrons. The summed E-state index contributed by atoms with van der Waals surface area (Å²) in [6.07, 6.45) is 9.02. The van der Waals surface area contributed by atoms with E-state index in [2.05, 4.69) is 9.71 Å². The third kappa shape index (κ3) is 3.07. The van der Waals surface area contributed by atoms with Crippen molar-refractivity contribution in [1.82, 2.24) is 14.3 Å². The van der Waals surface area contributed by atoms with Gasteiger partial charge in [-0.15, -0.1) is 0 Å². The summed E-state index contributed by atoms with van der Waals surface area (Å²) >= 11 is 0. The second-order valence-electron chi connectivity index (χ2n) is 4.55. The van der Waals surface area contributed by atoms with Crippen molar-refractivity contribution in [1.29, 1.82) is 0 Å². The molecule has 1 heterocycles. The van der Waals surface area contributed by atoms with Crippen LogP contribution in [0.25, 0.3) is 0 Å². The normalized spacial score (nSPS) is 25.2. The van der Waals surface area contributed by atoms with Gasteiger partial charge in [0.2, 0.25) is 10.0 Å². The lowest BCUT2D eigenvalue weighted by Crippen LogP contribution is -2.39. The lowest BCUT2D eigenvalue weighted by molar-refractivity contribution is 0.431. The Morgan fingerprint density at radius 3 is 2.94 bits per heavy atom. The average molecular weight is 257 g/mol. The van der Waals surface area contributed by atoms with Crippen LogP contribution < -0.4 is 4.72 Å². The van der Waals surface area contributed by atoms with E-state index in [-0.39, 0.29) is 17.8 Å². The number of hydrogen-bond acceptors (Lipinski definition) is 3. The maximum Gasteiger partial charge on any atom is 0.211 e. The molecule has 2 rings (SSSR count). The number of nitrogens with zero attached hydrogens (tertiary/aromatic N) is 2. The molecule has 1 aromatic heterocycles. The predicted molar refractivity (Wildman–Crippen MR) is 66.1 cm³/mol. The van der Waals surface area contributed by atoms with Crippen molar-refractivity contribution in [3.63, 3.8) is 0 Å². The Morgan fingerprint density at radius 1 is 1.47 bits per heavy atom. The van der Waals surface area contributed by atoms with E-state index >= 15 is 0 Å². The molecule has 1 N–H and O–H groups in total. The van der Waals surface area contributed by atoms with Crippen molar-refractivity contribution in [3.05, 3.63) is 18.7 Å². The first-order valence-electron chi connectivity index (χ1n) is 6.10. The van der Waals surface area contributed by atoms with E-state index in [1.807, 2.05) is 17.7 Å². The minimum Gasteiger partial charge on any atom is -0.333 e. The van der Waals surface area contributed by atoms with Crippen LogP contribution in [0.15, 0.2) is 18.7 Å². The van der Waals surface area contributed by atoms with Crippen LogP contribution in [0.2, 0.25) is 0 Å². The van der Waals surface area contributed by atoms with Crippen molar-refractivity contribution in [2.24, 2.45) is 0 Å². The monoisotopic (exact) mass is 257 g/mol. The van der Waals surface area contributed by atoms with E-state index in [0.29, 0.717) is 6.42 Å². The van der Waals surface area contributed by atoms with E-state index in [4.69, 9.17) is 0 Å². The SMILES string of the molecule is CCCS(=O)(=O)NC1CCCC1n1ccnc1. The quantitative estimate of drug-likeness (QED) is 0.865. The molecule has 0 radical (unpaired) electrons. The van der Waals surface area contributed by atoms with Gasteiger partial charge < -0.3 is 4.57 Å². The molecule has 0 amide bonds. The van der Waals surface area contributed by atoms with Gasteiger partial charge in [-0.3, -0.25) is 0 Å². The van der Waals surface area contributed by atoms with Gasteiger partial charge in [0.05, 0.1) is 18.1 Å². The van der Waals surface area contributed by atoms with Gasteiger partial charge in [-0.2, -0.15) is 0 Å². The number of imidazole rings is 1. The molecule has 1 aliphatic rings. The topological polar surface area (TPSA) is 64.0 Å². The molecule has 1 saturated carbocycles. The average Bonchev–Trinajstić information content (AvgIpc) is 2.85. The van der Waals surface area contributed by atoms with Crippen molar-refractivity contribution >= 4 is 10.0 Å². The van der Waals surface area contributed by atoms with E-state index < -0.39 is 10.0 Å². The van der Waals surface area contributed by atoms with Crippen molar-refractivity contribution in [3.8, 4) is 0 Å². The maximum absolute atomic E-state index is 11.8. The molecule has 0 bridgehead atoms. The van der Waals surface area contributed by atoms with Crippen LogP contribution in [-0.4, -0.2) is 29.8 Å². The molecule has 6 heteroatoms. The lowest BCUT2D eigenvalue weighted by Gasteiger charge is -2.21. The summed E-state index contributed by atoms with van der Waals surface area (Å²) in [5, 5.41) is 0. The minimum atomic E-state index is -3.12. The first kappa shape index (κ1) is 12.6. The molecule has 2 atom stereocenters. The third-order valence-corrected chi connectivity index (χ3v) is 4.80. The summed E-state index contributed by atoms with van der Waals surface area (Å²) in [6.45, 7) is 1.88. The number of aromatic nitrogens is 2. The van der Waals surface area contributed by atoms with E-state index in [0.717, 1.165) is 19.3 Å². The third-order valence-electron chi connectivity index (χ3n) is 3.19. The Morgan fingerprint density at radius 2 is 2.29 bits per heavy atom. The fraction of sp³-hybridized carbons (Fsp3) is 0.727. The van der Waals surface area contributed by atoms with Gasteiger partial charge in [0.1, 0.15) is 0 Å². The first-order chi connectivity index (χ1) is 8.12. The highest BCUT2D eigenvalue weighted by molar-refractivity contribution is 7.89. The summed E-state index contributed by atoms with van der Waals surface area (Å²) in [5.41, 5.74) is 0. The van der Waals surface area contributed by atoms with Gasteiger partial charge in [0.25, 0.3) is 0 Å². The molecular weight excluding hydrogens is 238 g/mol. The van der Waals surface area contributed by atoms with Crippen molar-refractivity contribution in [2.75, 3.05) is 5.75 Å². The van der Waals surface area contributed by atoms with Gasteiger partial charge in [-0.25, -0.2) is 18.1 Å². The minimum absolute atomic E-state index is 0.0146. The Labute approximate surface area is 102 Å². The Hall–Kier alpha value is -0.880. The molecule has 1 fully saturated rings. The van der Waals surface area contributed by atoms with Crippen LogP contribution in [0.4, 0.5) is 0 Å². The fourth-order valence-corrected chi connectivity index (χ4v) is 3.85. The number of sulfonamides is 1. The summed E-state index contributed by atoms with van der Waals surface area (Å²) in [7, 11) is -3.12. The highest BCUT2D eigenvalue weighted by Crippen LogP contribution is 2.30. The maximum atomic E-state index is 11.8. The zero-order valence-corrected chi connectivity index (χ0v) is 10.9. The molecule has 0 saturated heterocycles. The molecule has 0 aliphatic heterocycles. The van der Waals surface area contributed by atoms with Crippen LogP contribution in [0.1, 0.15) is 38.6 Å². The first-order valence-corrected chi connectivity index (χ1v) is 7.75. The Balaban J connectivity index is 2.06. The molecule has 5 nitrogen and oxygen atoms in total. The van der Waals surface area contributed by atoms with E-state index in [1.54, 1.807) is 12.5 Å². The Bertz CT molecular complexity index is 441. The van der Waals surface area contributed by atoms with E-state index in [1.165, 1.54) is 0 Å². The second kappa shape index (κ2) is 5.18. The lowest BCUT2D eigenvalue weighted by atomic mass is 10.2. The summed E-state index contributed by atoms with van der Waals surface area (Å²) in [4.78, 5) is 4.02. The number of rotatable bonds is 5. The van der Waals surface area contributed by atoms with Crippen molar-refractivity contribution < 1.29 is 8.42 Å². The zero-order chi connectivity index (χ0) is 12.3. The zero-order valence-electron chi connectivity index (χ0n) is 10.0. The van der Waals surface area contributed by atoms with Crippen molar-refractivity contribution in [2.45, 2.75) is 44.7 Å². The van der Waals surface area contributed by atoms with Gasteiger partial charge in [0, 0.05) is 18.4 Å². The van der Waals surface area contributed by atoms with Gasteiger partial charge in [-0.1, -0.05) is 6.92 Å². The molecule has 17 heavy (non-hydrogen) atoms. The highest BCUT2D eigenvalue weighted by atomic mass is 32.2. The molecule has 1 aromatic rings. The van der Waals surface area contributed by atoms with Crippen LogP contribution >= 0.6 is 0 Å². The van der Waals surface area contributed by atoms with Crippen LogP contribution in [0.3, 0.4) is 0 Å². The van der Waals surface area contributed by atoms with Crippen LogP contribution in [0.5, 0.6) is 0 Å². The summed E-state index contributed by atoms with van der Waals surface area (Å²) in [5.74, 6) is 0.208. The fourth-order valence-electron chi connectivity index (χ4n) is 2.46. The predicted octanol–water partition coefficient (Wildman–Crippen LogP) is 1.31. The molecule has 0 spiro atoms. The second-order valence-corrected chi connectivity index (χ2v) is 6.42. The molecule has 1 aliphatic carbocycles. The molecule has 0 aromatic carbocycles. The number of nitrogens with one attached hydrogen (secondary N) is 1.